The number of aryl methyl sites for hydroxylation is 2. The topological polar surface area (TPSA) is 86.7 Å². The zero-order valence-electron chi connectivity index (χ0n) is 14.9. The van der Waals surface area contributed by atoms with Gasteiger partial charge < -0.3 is 20.5 Å². The van der Waals surface area contributed by atoms with Gasteiger partial charge in [0, 0.05) is 24.8 Å². The minimum absolute atomic E-state index is 0.396. The maximum atomic E-state index is 5.96. The van der Waals surface area contributed by atoms with E-state index in [4.69, 9.17) is 15.2 Å². The first-order valence-electron chi connectivity index (χ1n) is 7.70. The van der Waals surface area contributed by atoms with Crippen LogP contribution in [0, 0.1) is 13.8 Å². The fourth-order valence-electron chi connectivity index (χ4n) is 2.46. The summed E-state index contributed by atoms with van der Waals surface area (Å²) >= 11 is 0. The van der Waals surface area contributed by atoms with Crippen molar-refractivity contribution in [1.29, 1.82) is 0 Å². The molecule has 7 heteroatoms. The number of benzene rings is 1. The van der Waals surface area contributed by atoms with Crippen LogP contribution in [-0.2, 0) is 20.1 Å². The first-order chi connectivity index (χ1) is 11.5. The average molecular weight is 331 g/mol. The molecule has 0 fully saturated rings. The summed E-state index contributed by atoms with van der Waals surface area (Å²) in [5, 5.41) is 7.52. The summed E-state index contributed by atoms with van der Waals surface area (Å²) in [7, 11) is 5.15. The van der Waals surface area contributed by atoms with E-state index in [2.05, 4.69) is 15.4 Å². The summed E-state index contributed by atoms with van der Waals surface area (Å²) in [5.74, 6) is 1.77. The number of rotatable bonds is 6. The quantitative estimate of drug-likeness (QED) is 0.621. The van der Waals surface area contributed by atoms with Gasteiger partial charge in [0.05, 0.1) is 26.5 Å². The summed E-state index contributed by atoms with van der Waals surface area (Å²) in [6.07, 6.45) is 0. The number of methoxy groups -OCH3 is 2. The summed E-state index contributed by atoms with van der Waals surface area (Å²) in [5.41, 5.74) is 10.2. The highest BCUT2D eigenvalue weighted by Crippen LogP contribution is 2.27. The second-order valence-corrected chi connectivity index (χ2v) is 5.52. The standard InChI is InChI=1S/C17H25N5O2/c1-11-14(12(2)22(3)21-11)10-20-17(18)19-9-13-6-7-15(23-4)16(8-13)24-5/h6-8H,9-10H2,1-5H3,(H3,18,19,20). The summed E-state index contributed by atoms with van der Waals surface area (Å²) < 4.78 is 12.4. The monoisotopic (exact) mass is 331 g/mol. The number of aromatic nitrogens is 2. The highest BCUT2D eigenvalue weighted by Gasteiger charge is 2.09. The SMILES string of the molecule is COc1ccc(CN=C(N)NCc2c(C)nn(C)c2C)cc1OC. The predicted molar refractivity (Wildman–Crippen MR) is 94.4 cm³/mol. The highest BCUT2D eigenvalue weighted by molar-refractivity contribution is 5.77. The van der Waals surface area contributed by atoms with E-state index in [1.165, 1.54) is 0 Å². The summed E-state index contributed by atoms with van der Waals surface area (Å²) in [4.78, 5) is 4.37. The molecule has 0 spiro atoms. The minimum Gasteiger partial charge on any atom is -0.493 e. The lowest BCUT2D eigenvalue weighted by atomic mass is 10.2. The molecule has 0 saturated heterocycles. The average Bonchev–Trinajstić information content (AvgIpc) is 2.83. The molecular weight excluding hydrogens is 306 g/mol. The molecule has 2 rings (SSSR count). The van der Waals surface area contributed by atoms with Gasteiger partial charge in [-0.3, -0.25) is 4.68 Å². The molecule has 0 aliphatic carbocycles. The van der Waals surface area contributed by atoms with Crippen molar-refractivity contribution in [3.8, 4) is 11.5 Å². The van der Waals surface area contributed by atoms with Gasteiger partial charge in [-0.15, -0.1) is 0 Å². The molecule has 0 unspecified atom stereocenters. The Bertz CT molecular complexity index is 737. The molecule has 0 aliphatic heterocycles. The number of nitrogens with zero attached hydrogens (tertiary/aromatic N) is 3. The van der Waals surface area contributed by atoms with Gasteiger partial charge in [0.1, 0.15) is 0 Å². The minimum atomic E-state index is 0.396. The van der Waals surface area contributed by atoms with Crippen molar-refractivity contribution in [3.05, 3.63) is 40.7 Å². The van der Waals surface area contributed by atoms with Crippen LogP contribution in [0.5, 0.6) is 11.5 Å². The van der Waals surface area contributed by atoms with E-state index in [-0.39, 0.29) is 0 Å². The van der Waals surface area contributed by atoms with Gasteiger partial charge >= 0.3 is 0 Å². The number of ether oxygens (including phenoxy) is 2. The van der Waals surface area contributed by atoms with Crippen molar-refractivity contribution in [3.63, 3.8) is 0 Å². The number of aliphatic imine (C=N–C) groups is 1. The fourth-order valence-corrected chi connectivity index (χ4v) is 2.46. The highest BCUT2D eigenvalue weighted by atomic mass is 16.5. The lowest BCUT2D eigenvalue weighted by Crippen LogP contribution is -2.31. The zero-order chi connectivity index (χ0) is 17.7. The Morgan fingerprint density at radius 3 is 2.54 bits per heavy atom. The Balaban J connectivity index is 1.99. The second kappa shape index (κ2) is 7.72. The Labute approximate surface area is 142 Å². The van der Waals surface area contributed by atoms with E-state index < -0.39 is 0 Å². The Morgan fingerprint density at radius 2 is 1.96 bits per heavy atom. The first kappa shape index (κ1) is 17.7. The molecule has 3 N–H and O–H groups in total. The first-order valence-corrected chi connectivity index (χ1v) is 7.70. The molecule has 130 valence electrons. The largest absolute Gasteiger partial charge is 0.493 e. The molecule has 0 aliphatic rings. The molecule has 1 aromatic carbocycles. The van der Waals surface area contributed by atoms with Crippen LogP contribution < -0.4 is 20.5 Å². The third kappa shape index (κ3) is 3.98. The lowest BCUT2D eigenvalue weighted by molar-refractivity contribution is 0.354. The molecule has 0 radical (unpaired) electrons. The molecule has 0 saturated carbocycles. The fraction of sp³-hybridized carbons (Fsp3) is 0.412. The van der Waals surface area contributed by atoms with Crippen LogP contribution in [0.15, 0.2) is 23.2 Å². The predicted octanol–water partition coefficient (Wildman–Crippen LogP) is 1.66. The van der Waals surface area contributed by atoms with Crippen molar-refractivity contribution in [2.24, 2.45) is 17.8 Å². The van der Waals surface area contributed by atoms with Crippen molar-refractivity contribution >= 4 is 5.96 Å². The molecule has 0 bridgehead atoms. The van der Waals surface area contributed by atoms with Crippen LogP contribution in [0.4, 0.5) is 0 Å². The van der Waals surface area contributed by atoms with Gasteiger partial charge in [-0.2, -0.15) is 5.10 Å². The number of guanidine groups is 1. The van der Waals surface area contributed by atoms with Gasteiger partial charge in [-0.05, 0) is 31.5 Å². The van der Waals surface area contributed by atoms with Crippen molar-refractivity contribution < 1.29 is 9.47 Å². The Hall–Kier alpha value is -2.70. The molecule has 24 heavy (non-hydrogen) atoms. The van der Waals surface area contributed by atoms with Crippen LogP contribution in [0.25, 0.3) is 0 Å². The molecule has 2 aromatic rings. The number of nitrogens with two attached hydrogens (primary N) is 1. The second-order valence-electron chi connectivity index (χ2n) is 5.52. The summed E-state index contributed by atoms with van der Waals surface area (Å²) in [6, 6.07) is 5.69. The van der Waals surface area contributed by atoms with E-state index in [1.807, 2.05) is 43.8 Å². The number of nitrogens with one attached hydrogen (secondary N) is 1. The van der Waals surface area contributed by atoms with Crippen LogP contribution in [0.2, 0.25) is 0 Å². The Morgan fingerprint density at radius 1 is 1.25 bits per heavy atom. The van der Waals surface area contributed by atoms with Crippen molar-refractivity contribution in [1.82, 2.24) is 15.1 Å². The van der Waals surface area contributed by atoms with Gasteiger partial charge in [-0.1, -0.05) is 6.07 Å². The molecule has 0 amide bonds. The van der Waals surface area contributed by atoms with E-state index in [9.17, 15) is 0 Å². The van der Waals surface area contributed by atoms with E-state index in [1.54, 1.807) is 14.2 Å². The third-order valence-electron chi connectivity index (χ3n) is 3.99. The zero-order valence-corrected chi connectivity index (χ0v) is 14.9. The third-order valence-corrected chi connectivity index (χ3v) is 3.99. The molecule has 0 atom stereocenters. The van der Waals surface area contributed by atoms with Gasteiger partial charge in [0.2, 0.25) is 0 Å². The maximum absolute atomic E-state index is 5.96. The van der Waals surface area contributed by atoms with Crippen molar-refractivity contribution in [2.75, 3.05) is 14.2 Å². The Kier molecular flexibility index (Phi) is 5.68. The molecular formula is C17H25N5O2. The van der Waals surface area contributed by atoms with Gasteiger partial charge in [0.25, 0.3) is 0 Å². The van der Waals surface area contributed by atoms with Crippen LogP contribution in [0.1, 0.15) is 22.5 Å². The van der Waals surface area contributed by atoms with Crippen LogP contribution in [-0.4, -0.2) is 30.0 Å². The van der Waals surface area contributed by atoms with Crippen molar-refractivity contribution in [2.45, 2.75) is 26.9 Å². The summed E-state index contributed by atoms with van der Waals surface area (Å²) in [6.45, 7) is 5.09. The maximum Gasteiger partial charge on any atom is 0.189 e. The number of hydrogen-bond acceptors (Lipinski definition) is 4. The lowest BCUT2D eigenvalue weighted by Gasteiger charge is -2.09. The van der Waals surface area contributed by atoms with E-state index in [0.29, 0.717) is 30.5 Å². The van der Waals surface area contributed by atoms with Gasteiger partial charge in [0.15, 0.2) is 17.5 Å². The number of hydrogen-bond donors (Lipinski definition) is 2. The van der Waals surface area contributed by atoms with Gasteiger partial charge in [-0.25, -0.2) is 4.99 Å². The molecule has 1 heterocycles. The van der Waals surface area contributed by atoms with E-state index in [0.717, 1.165) is 22.5 Å². The van der Waals surface area contributed by atoms with E-state index >= 15 is 0 Å². The van der Waals surface area contributed by atoms with Crippen LogP contribution >= 0.6 is 0 Å². The van der Waals surface area contributed by atoms with Crippen LogP contribution in [0.3, 0.4) is 0 Å². The molecule has 1 aromatic heterocycles. The smallest absolute Gasteiger partial charge is 0.189 e. The normalized spacial score (nSPS) is 11.5. The molecule has 7 nitrogen and oxygen atoms in total.